The van der Waals surface area contributed by atoms with E-state index in [1.165, 1.54) is 19.2 Å². The second kappa shape index (κ2) is 6.60. The topological polar surface area (TPSA) is 41.1 Å². The molecule has 0 radical (unpaired) electrons. The minimum absolute atomic E-state index is 0.0236. The maximum absolute atomic E-state index is 13.0. The highest BCUT2D eigenvalue weighted by molar-refractivity contribution is 7.99. The van der Waals surface area contributed by atoms with Crippen LogP contribution in [0.3, 0.4) is 0 Å². The monoisotopic (exact) mass is 318 g/mol. The Labute approximate surface area is 125 Å². The maximum Gasteiger partial charge on any atom is 0.418 e. The standard InChI is InChI=1S/C14H17F3N2OS/c1-18-12-10(5-2-6-11(12)14(15,16)17)13(20)19-9-4-3-7-21-8-9/h2,5-6,9,18H,3-4,7-8H2,1H3,(H,19,20). The molecule has 116 valence electrons. The van der Waals surface area contributed by atoms with Crippen molar-refractivity contribution in [2.24, 2.45) is 0 Å². The van der Waals surface area contributed by atoms with Gasteiger partial charge in [0.1, 0.15) is 0 Å². The van der Waals surface area contributed by atoms with Gasteiger partial charge in [0.05, 0.1) is 16.8 Å². The first-order chi connectivity index (χ1) is 9.93. The molecule has 0 spiro atoms. The van der Waals surface area contributed by atoms with Crippen LogP contribution in [0.5, 0.6) is 0 Å². The van der Waals surface area contributed by atoms with E-state index in [2.05, 4.69) is 10.6 Å². The third kappa shape index (κ3) is 3.84. The number of nitrogens with one attached hydrogen (secondary N) is 2. The molecule has 0 bridgehead atoms. The van der Waals surface area contributed by atoms with Crippen LogP contribution in [0.15, 0.2) is 18.2 Å². The molecule has 1 aliphatic rings. The number of hydrogen-bond donors (Lipinski definition) is 2. The van der Waals surface area contributed by atoms with Gasteiger partial charge in [-0.05, 0) is 30.7 Å². The number of alkyl halides is 3. The predicted molar refractivity (Wildman–Crippen MR) is 78.8 cm³/mol. The number of hydrogen-bond acceptors (Lipinski definition) is 3. The van der Waals surface area contributed by atoms with Gasteiger partial charge in [0.25, 0.3) is 5.91 Å². The Bertz CT molecular complexity index is 513. The number of anilines is 1. The first kappa shape index (κ1) is 16.0. The van der Waals surface area contributed by atoms with Gasteiger partial charge in [-0.15, -0.1) is 0 Å². The number of carbonyl (C=O) groups excluding carboxylic acids is 1. The number of carbonyl (C=O) groups is 1. The predicted octanol–water partition coefficient (Wildman–Crippen LogP) is 3.37. The summed E-state index contributed by atoms with van der Waals surface area (Å²) < 4.78 is 38.9. The molecule has 2 rings (SSSR count). The number of amides is 1. The molecule has 0 aliphatic carbocycles. The largest absolute Gasteiger partial charge is 0.418 e. The van der Waals surface area contributed by atoms with Gasteiger partial charge in [-0.25, -0.2) is 0 Å². The van der Waals surface area contributed by atoms with Crippen LogP contribution in [0.4, 0.5) is 18.9 Å². The van der Waals surface area contributed by atoms with Crippen molar-refractivity contribution in [1.29, 1.82) is 0 Å². The molecule has 1 aromatic rings. The zero-order valence-corrected chi connectivity index (χ0v) is 12.4. The third-order valence-electron chi connectivity index (χ3n) is 3.36. The second-order valence-corrected chi connectivity index (χ2v) is 6.01. The van der Waals surface area contributed by atoms with Crippen molar-refractivity contribution < 1.29 is 18.0 Å². The van der Waals surface area contributed by atoms with Crippen LogP contribution in [0, 0.1) is 0 Å². The fourth-order valence-corrected chi connectivity index (χ4v) is 3.44. The lowest BCUT2D eigenvalue weighted by Gasteiger charge is -2.23. The van der Waals surface area contributed by atoms with E-state index in [0.29, 0.717) is 0 Å². The Kier molecular flexibility index (Phi) is 5.03. The van der Waals surface area contributed by atoms with E-state index >= 15 is 0 Å². The van der Waals surface area contributed by atoms with Crippen LogP contribution in [0.25, 0.3) is 0 Å². The molecule has 1 atom stereocenters. The van der Waals surface area contributed by atoms with Crippen molar-refractivity contribution in [2.45, 2.75) is 25.1 Å². The first-order valence-electron chi connectivity index (χ1n) is 6.70. The molecular formula is C14H17F3N2OS. The summed E-state index contributed by atoms with van der Waals surface area (Å²) in [5, 5.41) is 5.32. The number of halogens is 3. The van der Waals surface area contributed by atoms with E-state index in [1.54, 1.807) is 11.8 Å². The zero-order valence-electron chi connectivity index (χ0n) is 11.6. The zero-order chi connectivity index (χ0) is 15.5. The Morgan fingerprint density at radius 3 is 2.71 bits per heavy atom. The van der Waals surface area contributed by atoms with Gasteiger partial charge in [-0.1, -0.05) is 6.07 Å². The van der Waals surface area contributed by atoms with E-state index in [0.717, 1.165) is 30.4 Å². The fraction of sp³-hybridized carbons (Fsp3) is 0.500. The van der Waals surface area contributed by atoms with Crippen LogP contribution in [0.2, 0.25) is 0 Å². The SMILES string of the molecule is CNc1c(C(=O)NC2CCCSC2)cccc1C(F)(F)F. The molecule has 1 unspecified atom stereocenters. The number of para-hydroxylation sites is 1. The fourth-order valence-electron chi connectivity index (χ4n) is 2.36. The summed E-state index contributed by atoms with van der Waals surface area (Å²) in [6.45, 7) is 0. The molecule has 1 heterocycles. The van der Waals surface area contributed by atoms with Crippen LogP contribution >= 0.6 is 11.8 Å². The normalized spacial score (nSPS) is 19.1. The summed E-state index contributed by atoms with van der Waals surface area (Å²) >= 11 is 1.75. The number of rotatable bonds is 3. The van der Waals surface area contributed by atoms with Crippen LogP contribution in [0.1, 0.15) is 28.8 Å². The Morgan fingerprint density at radius 2 is 2.14 bits per heavy atom. The van der Waals surface area contributed by atoms with Gasteiger partial charge < -0.3 is 10.6 Å². The van der Waals surface area contributed by atoms with E-state index in [9.17, 15) is 18.0 Å². The summed E-state index contributed by atoms with van der Waals surface area (Å²) in [6.07, 6.45) is -2.61. The Balaban J connectivity index is 2.24. The third-order valence-corrected chi connectivity index (χ3v) is 4.58. The molecule has 1 aromatic carbocycles. The highest BCUT2D eigenvalue weighted by atomic mass is 32.2. The van der Waals surface area contributed by atoms with Gasteiger partial charge in [0.15, 0.2) is 0 Å². The van der Waals surface area contributed by atoms with Crippen LogP contribution < -0.4 is 10.6 Å². The molecule has 0 saturated carbocycles. The van der Waals surface area contributed by atoms with Crippen molar-refractivity contribution in [2.75, 3.05) is 23.9 Å². The lowest BCUT2D eigenvalue weighted by Crippen LogP contribution is -2.38. The molecule has 7 heteroatoms. The minimum atomic E-state index is -4.49. The lowest BCUT2D eigenvalue weighted by atomic mass is 10.0. The molecule has 1 aliphatic heterocycles. The molecule has 1 amide bonds. The van der Waals surface area contributed by atoms with Crippen molar-refractivity contribution in [3.8, 4) is 0 Å². The molecule has 2 N–H and O–H groups in total. The van der Waals surface area contributed by atoms with Gasteiger partial charge in [0, 0.05) is 18.8 Å². The average molecular weight is 318 g/mol. The quantitative estimate of drug-likeness (QED) is 0.898. The summed E-state index contributed by atoms with van der Waals surface area (Å²) in [5.74, 6) is 1.41. The summed E-state index contributed by atoms with van der Waals surface area (Å²) in [7, 11) is 1.39. The second-order valence-electron chi connectivity index (χ2n) is 4.86. The van der Waals surface area contributed by atoms with Crippen LogP contribution in [-0.2, 0) is 6.18 Å². The molecule has 3 nitrogen and oxygen atoms in total. The van der Waals surface area contributed by atoms with Crippen molar-refractivity contribution in [1.82, 2.24) is 5.32 Å². The van der Waals surface area contributed by atoms with Gasteiger partial charge in [0.2, 0.25) is 0 Å². The first-order valence-corrected chi connectivity index (χ1v) is 7.85. The summed E-state index contributed by atoms with van der Waals surface area (Å²) in [4.78, 5) is 12.2. The minimum Gasteiger partial charge on any atom is -0.387 e. The lowest BCUT2D eigenvalue weighted by molar-refractivity contribution is -0.136. The van der Waals surface area contributed by atoms with E-state index < -0.39 is 17.6 Å². The van der Waals surface area contributed by atoms with Gasteiger partial charge in [-0.3, -0.25) is 4.79 Å². The van der Waals surface area contributed by atoms with E-state index in [4.69, 9.17) is 0 Å². The summed E-state index contributed by atoms with van der Waals surface area (Å²) in [6, 6.07) is 3.66. The average Bonchev–Trinajstić information content (AvgIpc) is 2.46. The molecule has 1 saturated heterocycles. The smallest absolute Gasteiger partial charge is 0.387 e. The highest BCUT2D eigenvalue weighted by Crippen LogP contribution is 2.36. The molecular weight excluding hydrogens is 301 g/mol. The molecule has 0 aromatic heterocycles. The number of benzene rings is 1. The van der Waals surface area contributed by atoms with E-state index in [1.807, 2.05) is 0 Å². The summed E-state index contributed by atoms with van der Waals surface area (Å²) in [5.41, 5.74) is -0.968. The number of thioether (sulfide) groups is 1. The van der Waals surface area contributed by atoms with Gasteiger partial charge in [-0.2, -0.15) is 24.9 Å². The van der Waals surface area contributed by atoms with Gasteiger partial charge >= 0.3 is 6.18 Å². The van der Waals surface area contributed by atoms with Crippen molar-refractivity contribution in [3.05, 3.63) is 29.3 Å². The van der Waals surface area contributed by atoms with Crippen LogP contribution in [-0.4, -0.2) is 30.5 Å². The van der Waals surface area contributed by atoms with Crippen molar-refractivity contribution in [3.63, 3.8) is 0 Å². The maximum atomic E-state index is 13.0. The Hall–Kier alpha value is -1.37. The molecule has 1 fully saturated rings. The van der Waals surface area contributed by atoms with Crippen molar-refractivity contribution >= 4 is 23.4 Å². The Morgan fingerprint density at radius 1 is 1.38 bits per heavy atom. The highest BCUT2D eigenvalue weighted by Gasteiger charge is 2.35. The van der Waals surface area contributed by atoms with E-state index in [-0.39, 0.29) is 17.3 Å². The molecule has 21 heavy (non-hydrogen) atoms.